The van der Waals surface area contributed by atoms with Gasteiger partial charge in [0.15, 0.2) is 0 Å². The molecule has 2 rings (SSSR count). The van der Waals surface area contributed by atoms with E-state index < -0.39 is 12.6 Å². The van der Waals surface area contributed by atoms with Crippen LogP contribution in [0.4, 0.5) is 18.9 Å². The van der Waals surface area contributed by atoms with Gasteiger partial charge < -0.3 is 10.6 Å². The van der Waals surface area contributed by atoms with Gasteiger partial charge in [-0.2, -0.15) is 13.2 Å². The maximum atomic E-state index is 11.9. The normalized spacial score (nSPS) is 17.7. The van der Waals surface area contributed by atoms with Crippen molar-refractivity contribution in [3.05, 3.63) is 29.8 Å². The number of hydrogen-bond donors (Lipinski definition) is 2. The molecule has 0 saturated carbocycles. The summed E-state index contributed by atoms with van der Waals surface area (Å²) >= 11 is 0. The highest BCUT2D eigenvalue weighted by Crippen LogP contribution is 2.25. The molecule has 1 aromatic carbocycles. The highest BCUT2D eigenvalue weighted by atomic mass is 19.4. The SMILES string of the molecule is O=C(NCCCC(F)(F)F)C1Cc2ccccc2N1. The lowest BCUT2D eigenvalue weighted by molar-refractivity contribution is -0.136. The standard InChI is InChI=1S/C13H15F3N2O/c14-13(15,16)6-3-7-17-12(19)11-8-9-4-1-2-5-10(9)18-11/h1-2,4-5,11,18H,3,6-8H2,(H,17,19). The van der Waals surface area contributed by atoms with Crippen LogP contribution in [0.15, 0.2) is 24.3 Å². The van der Waals surface area contributed by atoms with Crippen LogP contribution in [-0.2, 0) is 11.2 Å². The monoisotopic (exact) mass is 272 g/mol. The molecule has 2 N–H and O–H groups in total. The maximum absolute atomic E-state index is 11.9. The fourth-order valence-corrected chi connectivity index (χ4v) is 2.08. The minimum atomic E-state index is -4.16. The minimum absolute atomic E-state index is 0.0485. The van der Waals surface area contributed by atoms with E-state index in [4.69, 9.17) is 0 Å². The van der Waals surface area contributed by atoms with Crippen molar-refractivity contribution in [1.82, 2.24) is 5.32 Å². The smallest absolute Gasteiger partial charge is 0.373 e. The van der Waals surface area contributed by atoms with Crippen LogP contribution in [0.3, 0.4) is 0 Å². The van der Waals surface area contributed by atoms with Crippen LogP contribution in [0.5, 0.6) is 0 Å². The molecule has 0 radical (unpaired) electrons. The van der Waals surface area contributed by atoms with Gasteiger partial charge in [-0.25, -0.2) is 0 Å². The first-order valence-electron chi connectivity index (χ1n) is 6.14. The summed E-state index contributed by atoms with van der Waals surface area (Å²) in [6.45, 7) is 0.0485. The molecular formula is C13H15F3N2O. The average molecular weight is 272 g/mol. The molecular weight excluding hydrogens is 257 g/mol. The van der Waals surface area contributed by atoms with E-state index in [9.17, 15) is 18.0 Å². The van der Waals surface area contributed by atoms with Gasteiger partial charge in [-0.3, -0.25) is 4.79 Å². The van der Waals surface area contributed by atoms with Crippen LogP contribution in [-0.4, -0.2) is 24.7 Å². The Morgan fingerprint density at radius 1 is 1.37 bits per heavy atom. The highest BCUT2D eigenvalue weighted by Gasteiger charge is 2.28. The first-order valence-corrected chi connectivity index (χ1v) is 6.14. The van der Waals surface area contributed by atoms with Gasteiger partial charge in [0, 0.05) is 25.1 Å². The number of nitrogens with one attached hydrogen (secondary N) is 2. The first kappa shape index (κ1) is 13.7. The van der Waals surface area contributed by atoms with Crippen LogP contribution in [0, 0.1) is 0 Å². The van der Waals surface area contributed by atoms with Gasteiger partial charge in [0.1, 0.15) is 6.04 Å². The van der Waals surface area contributed by atoms with Crippen molar-refractivity contribution in [2.45, 2.75) is 31.5 Å². The van der Waals surface area contributed by atoms with E-state index in [-0.39, 0.29) is 24.9 Å². The van der Waals surface area contributed by atoms with Gasteiger partial charge in [-0.05, 0) is 18.1 Å². The minimum Gasteiger partial charge on any atom is -0.373 e. The number of benzene rings is 1. The van der Waals surface area contributed by atoms with Gasteiger partial charge in [-0.1, -0.05) is 18.2 Å². The Morgan fingerprint density at radius 2 is 2.11 bits per heavy atom. The molecule has 1 atom stereocenters. The molecule has 0 spiro atoms. The molecule has 1 aromatic rings. The second kappa shape index (κ2) is 5.50. The largest absolute Gasteiger partial charge is 0.389 e. The first-order chi connectivity index (χ1) is 8.96. The fourth-order valence-electron chi connectivity index (χ4n) is 2.08. The number of para-hydroxylation sites is 1. The second-order valence-corrected chi connectivity index (χ2v) is 4.57. The number of halogens is 3. The topological polar surface area (TPSA) is 41.1 Å². The average Bonchev–Trinajstić information content (AvgIpc) is 2.77. The lowest BCUT2D eigenvalue weighted by atomic mass is 10.1. The predicted octanol–water partition coefficient (Wildman–Crippen LogP) is 2.48. The number of anilines is 1. The molecule has 1 unspecified atom stereocenters. The summed E-state index contributed by atoms with van der Waals surface area (Å²) < 4.78 is 35.8. The van der Waals surface area contributed by atoms with E-state index >= 15 is 0 Å². The number of amides is 1. The summed E-state index contributed by atoms with van der Waals surface area (Å²) in [4.78, 5) is 11.8. The highest BCUT2D eigenvalue weighted by molar-refractivity contribution is 5.87. The van der Waals surface area contributed by atoms with Gasteiger partial charge in [0.2, 0.25) is 5.91 Å². The molecule has 0 aliphatic carbocycles. The van der Waals surface area contributed by atoms with Crippen molar-refractivity contribution in [3.8, 4) is 0 Å². The van der Waals surface area contributed by atoms with Crippen LogP contribution in [0.25, 0.3) is 0 Å². The molecule has 1 heterocycles. The van der Waals surface area contributed by atoms with Crippen molar-refractivity contribution in [1.29, 1.82) is 0 Å². The molecule has 19 heavy (non-hydrogen) atoms. The van der Waals surface area contributed by atoms with Crippen molar-refractivity contribution in [2.75, 3.05) is 11.9 Å². The lowest BCUT2D eigenvalue weighted by Crippen LogP contribution is -2.39. The van der Waals surface area contributed by atoms with Crippen molar-refractivity contribution >= 4 is 11.6 Å². The molecule has 1 aliphatic heterocycles. The number of rotatable bonds is 4. The number of hydrogen-bond acceptors (Lipinski definition) is 2. The molecule has 3 nitrogen and oxygen atoms in total. The Morgan fingerprint density at radius 3 is 2.79 bits per heavy atom. The summed E-state index contributed by atoms with van der Waals surface area (Å²) in [6, 6.07) is 7.19. The van der Waals surface area contributed by atoms with E-state index in [1.807, 2.05) is 24.3 Å². The third kappa shape index (κ3) is 3.87. The van der Waals surface area contributed by atoms with Gasteiger partial charge in [0.05, 0.1) is 0 Å². The predicted molar refractivity (Wildman–Crippen MR) is 65.9 cm³/mol. The third-order valence-electron chi connectivity index (χ3n) is 3.02. The van der Waals surface area contributed by atoms with E-state index in [0.717, 1.165) is 11.3 Å². The summed E-state index contributed by atoms with van der Waals surface area (Å²) in [7, 11) is 0. The summed E-state index contributed by atoms with van der Waals surface area (Å²) in [5, 5.41) is 5.59. The molecule has 104 valence electrons. The Bertz CT molecular complexity index is 434. The van der Waals surface area contributed by atoms with Crippen LogP contribution < -0.4 is 10.6 Å². The van der Waals surface area contributed by atoms with Gasteiger partial charge in [0.25, 0.3) is 0 Å². The zero-order valence-electron chi connectivity index (χ0n) is 10.3. The van der Waals surface area contributed by atoms with Crippen LogP contribution in [0.1, 0.15) is 18.4 Å². The Hall–Kier alpha value is -1.72. The second-order valence-electron chi connectivity index (χ2n) is 4.57. The summed E-state index contributed by atoms with van der Waals surface area (Å²) in [5.41, 5.74) is 1.97. The molecule has 0 bridgehead atoms. The molecule has 0 aromatic heterocycles. The number of carbonyl (C=O) groups is 1. The van der Waals surface area contributed by atoms with Gasteiger partial charge >= 0.3 is 6.18 Å². The Kier molecular flexibility index (Phi) is 3.97. The molecule has 0 fully saturated rings. The van der Waals surface area contributed by atoms with Crippen molar-refractivity contribution in [2.24, 2.45) is 0 Å². The molecule has 1 amide bonds. The van der Waals surface area contributed by atoms with E-state index in [1.54, 1.807) is 0 Å². The van der Waals surface area contributed by atoms with Gasteiger partial charge in [-0.15, -0.1) is 0 Å². The Balaban J connectivity index is 1.74. The Labute approximate surface area is 109 Å². The number of fused-ring (bicyclic) bond motifs is 1. The van der Waals surface area contributed by atoms with Crippen molar-refractivity contribution in [3.63, 3.8) is 0 Å². The van der Waals surface area contributed by atoms with Crippen LogP contribution >= 0.6 is 0 Å². The molecule has 1 aliphatic rings. The van der Waals surface area contributed by atoms with E-state index in [0.29, 0.717) is 6.42 Å². The zero-order chi connectivity index (χ0) is 13.9. The summed E-state index contributed by atoms with van der Waals surface area (Å²) in [6.07, 6.45) is -4.55. The number of carbonyl (C=O) groups excluding carboxylic acids is 1. The fraction of sp³-hybridized carbons (Fsp3) is 0.462. The zero-order valence-corrected chi connectivity index (χ0v) is 10.3. The van der Waals surface area contributed by atoms with Crippen LogP contribution in [0.2, 0.25) is 0 Å². The van der Waals surface area contributed by atoms with Crippen molar-refractivity contribution < 1.29 is 18.0 Å². The maximum Gasteiger partial charge on any atom is 0.389 e. The quantitative estimate of drug-likeness (QED) is 0.827. The lowest BCUT2D eigenvalue weighted by Gasteiger charge is -2.12. The molecule has 0 saturated heterocycles. The summed E-state index contributed by atoms with van der Waals surface area (Å²) in [5.74, 6) is -0.252. The molecule has 6 heteroatoms. The van der Waals surface area contributed by atoms with E-state index in [1.165, 1.54) is 0 Å². The number of alkyl halides is 3. The third-order valence-corrected chi connectivity index (χ3v) is 3.02. The van der Waals surface area contributed by atoms with E-state index in [2.05, 4.69) is 10.6 Å².